The monoisotopic (exact) mass is 674 g/mol. The van der Waals surface area contributed by atoms with E-state index in [2.05, 4.69) is 15.6 Å². The van der Waals surface area contributed by atoms with Crippen molar-refractivity contribution < 1.29 is 29.7 Å². The van der Waals surface area contributed by atoms with E-state index in [0.717, 1.165) is 16.7 Å². The molecule has 2 amide bonds. The molecular weight excluding hydrogens is 636 g/mol. The number of aromatic amines is 1. The van der Waals surface area contributed by atoms with Gasteiger partial charge in [-0.1, -0.05) is 60.7 Å². The third-order valence-electron chi connectivity index (χ3n) is 9.44. The van der Waals surface area contributed by atoms with Gasteiger partial charge in [0.25, 0.3) is 11.8 Å². The summed E-state index contributed by atoms with van der Waals surface area (Å²) in [4.78, 5) is 54.3. The number of aliphatic hydroxyl groups is 1. The molecule has 0 saturated carbocycles. The summed E-state index contributed by atoms with van der Waals surface area (Å²) in [6.45, 7) is 1.69. The molecule has 1 aliphatic rings. The number of piperidine rings is 1. The van der Waals surface area contributed by atoms with Gasteiger partial charge in [-0.2, -0.15) is 0 Å². The van der Waals surface area contributed by atoms with Gasteiger partial charge in [0, 0.05) is 55.3 Å². The zero-order valence-corrected chi connectivity index (χ0v) is 27.3. The first-order chi connectivity index (χ1) is 24.1. The molecule has 1 fully saturated rings. The summed E-state index contributed by atoms with van der Waals surface area (Å²) >= 11 is 0. The predicted octanol–water partition coefficient (Wildman–Crippen LogP) is 4.25. The van der Waals surface area contributed by atoms with Crippen LogP contribution in [0, 0.1) is 0 Å². The number of aliphatic carboxylic acids is 1. The molecule has 1 unspecified atom stereocenters. The average Bonchev–Trinajstić information content (AvgIpc) is 3.14. The van der Waals surface area contributed by atoms with E-state index in [4.69, 9.17) is 0 Å². The number of fused-ring (bicyclic) bond motifs is 1. The molecule has 0 radical (unpaired) electrons. The van der Waals surface area contributed by atoms with Crippen LogP contribution in [0.5, 0.6) is 5.75 Å². The van der Waals surface area contributed by atoms with Crippen LogP contribution in [0.15, 0.2) is 108 Å². The number of phenols is 1. The molecule has 5 aromatic rings. The zero-order valence-electron chi connectivity index (χ0n) is 27.3. The number of aliphatic hydroxyl groups excluding tert-OH is 1. The lowest BCUT2D eigenvalue weighted by Crippen LogP contribution is -2.49. The first-order valence-corrected chi connectivity index (χ1v) is 16.4. The molecule has 0 spiro atoms. The molecule has 6 rings (SSSR count). The van der Waals surface area contributed by atoms with Crippen molar-refractivity contribution in [3.63, 3.8) is 0 Å². The van der Waals surface area contributed by atoms with E-state index in [9.17, 15) is 34.5 Å². The number of likely N-dealkylation sites (tertiary alicyclic amines) is 1. The number of aromatic hydroxyl groups is 1. The Kier molecular flexibility index (Phi) is 10.1. The van der Waals surface area contributed by atoms with Gasteiger partial charge in [-0.3, -0.25) is 19.2 Å². The van der Waals surface area contributed by atoms with Gasteiger partial charge in [-0.05, 0) is 71.5 Å². The Bertz CT molecular complexity index is 2050. The number of hydrogen-bond acceptors (Lipinski definition) is 7. The molecule has 0 bridgehead atoms. The zero-order chi connectivity index (χ0) is 35.3. The molecular formula is C39H38N4O7. The number of carbonyl (C=O) groups is 3. The highest BCUT2D eigenvalue weighted by molar-refractivity contribution is 5.98. The number of carboxylic acid groups (broad SMARTS) is 1. The van der Waals surface area contributed by atoms with Crippen LogP contribution in [0.4, 0.5) is 0 Å². The first-order valence-electron chi connectivity index (χ1n) is 16.4. The second kappa shape index (κ2) is 14.8. The maximum Gasteiger partial charge on any atom is 0.314 e. The van der Waals surface area contributed by atoms with Gasteiger partial charge in [0.15, 0.2) is 0 Å². The Morgan fingerprint density at radius 3 is 2.10 bits per heavy atom. The summed E-state index contributed by atoms with van der Waals surface area (Å²) in [5.41, 5.74) is 3.00. The first kappa shape index (κ1) is 34.1. The number of nitrogens with zero attached hydrogens (tertiary/aromatic N) is 1. The molecule has 1 aliphatic heterocycles. The Hall–Kier alpha value is -5.78. The lowest BCUT2D eigenvalue weighted by atomic mass is 9.73. The molecule has 1 atom stereocenters. The van der Waals surface area contributed by atoms with Crippen LogP contribution in [0.2, 0.25) is 0 Å². The standard InChI is InChI=1S/C39H38N4O7/c44-32-16-14-30(31-15-17-34(46)42-35(31)32)33(45)24-40-22-25-6-8-26(9-7-25)23-41-36(47)27-10-12-28(13-11-27)37(48)43-20-18-39(19-21-43,38(49)50)29-4-2-1-3-5-29/h1-17,33,40,44-45H,18-24H2,(H,41,47)(H,42,46)(H,49,50). The second-order valence-electron chi connectivity index (χ2n) is 12.6. The third kappa shape index (κ3) is 7.29. The molecule has 1 aromatic heterocycles. The predicted molar refractivity (Wildman–Crippen MR) is 188 cm³/mol. The minimum atomic E-state index is -1.02. The van der Waals surface area contributed by atoms with E-state index in [1.54, 1.807) is 41.3 Å². The van der Waals surface area contributed by atoms with Gasteiger partial charge >= 0.3 is 5.97 Å². The van der Waals surface area contributed by atoms with Crippen LogP contribution in [0.1, 0.15) is 61.9 Å². The summed E-state index contributed by atoms with van der Waals surface area (Å²) in [6.07, 6.45) is -0.222. The van der Waals surface area contributed by atoms with Crippen LogP contribution < -0.4 is 16.2 Å². The van der Waals surface area contributed by atoms with Crippen LogP contribution in [-0.2, 0) is 23.3 Å². The minimum Gasteiger partial charge on any atom is -0.506 e. The maximum absolute atomic E-state index is 13.2. The Balaban J connectivity index is 0.965. The highest BCUT2D eigenvalue weighted by Gasteiger charge is 2.44. The molecule has 4 aromatic carbocycles. The van der Waals surface area contributed by atoms with E-state index in [-0.39, 0.29) is 35.2 Å². The highest BCUT2D eigenvalue weighted by Crippen LogP contribution is 2.36. The minimum absolute atomic E-state index is 0.0620. The third-order valence-corrected chi connectivity index (χ3v) is 9.44. The highest BCUT2D eigenvalue weighted by atomic mass is 16.4. The number of benzene rings is 4. The van der Waals surface area contributed by atoms with E-state index >= 15 is 0 Å². The van der Waals surface area contributed by atoms with E-state index in [1.807, 2.05) is 54.6 Å². The molecule has 2 heterocycles. The van der Waals surface area contributed by atoms with Gasteiger partial charge in [-0.25, -0.2) is 0 Å². The van der Waals surface area contributed by atoms with Crippen molar-refractivity contribution in [2.75, 3.05) is 19.6 Å². The van der Waals surface area contributed by atoms with Gasteiger partial charge in [0.05, 0.1) is 17.0 Å². The number of carboxylic acids is 1. The number of rotatable bonds is 11. The van der Waals surface area contributed by atoms with Crippen LogP contribution in [0.3, 0.4) is 0 Å². The van der Waals surface area contributed by atoms with E-state index < -0.39 is 17.5 Å². The molecule has 256 valence electrons. The summed E-state index contributed by atoms with van der Waals surface area (Å²) in [5.74, 6) is -1.41. The van der Waals surface area contributed by atoms with Gasteiger partial charge in [0.1, 0.15) is 5.75 Å². The number of amides is 2. The second-order valence-corrected chi connectivity index (χ2v) is 12.6. The van der Waals surface area contributed by atoms with Gasteiger partial charge in [-0.15, -0.1) is 0 Å². The van der Waals surface area contributed by atoms with E-state index in [0.29, 0.717) is 61.1 Å². The van der Waals surface area contributed by atoms with Crippen LogP contribution in [-0.4, -0.2) is 62.6 Å². The Labute approximate surface area is 288 Å². The molecule has 0 aliphatic carbocycles. The summed E-state index contributed by atoms with van der Waals surface area (Å²) in [5, 5.41) is 37.6. The lowest BCUT2D eigenvalue weighted by Gasteiger charge is -2.39. The number of aromatic nitrogens is 1. The summed E-state index contributed by atoms with van der Waals surface area (Å²) < 4.78 is 0. The fraction of sp³-hybridized carbons (Fsp3) is 0.231. The van der Waals surface area contributed by atoms with Gasteiger partial charge in [0.2, 0.25) is 5.56 Å². The van der Waals surface area contributed by atoms with E-state index in [1.165, 1.54) is 12.1 Å². The van der Waals surface area contributed by atoms with Gasteiger partial charge < -0.3 is 35.8 Å². The van der Waals surface area contributed by atoms with Crippen molar-refractivity contribution in [1.29, 1.82) is 0 Å². The van der Waals surface area contributed by atoms with Crippen LogP contribution >= 0.6 is 0 Å². The fourth-order valence-corrected chi connectivity index (χ4v) is 6.49. The number of hydrogen-bond donors (Lipinski definition) is 6. The molecule has 11 nitrogen and oxygen atoms in total. The van der Waals surface area contributed by atoms with Crippen molar-refractivity contribution in [3.8, 4) is 5.75 Å². The molecule has 11 heteroatoms. The smallest absolute Gasteiger partial charge is 0.314 e. The van der Waals surface area contributed by atoms with Crippen molar-refractivity contribution in [3.05, 3.63) is 147 Å². The van der Waals surface area contributed by atoms with Crippen LogP contribution in [0.25, 0.3) is 10.9 Å². The topological polar surface area (TPSA) is 172 Å². The fourth-order valence-electron chi connectivity index (χ4n) is 6.49. The number of nitrogens with one attached hydrogen (secondary N) is 3. The average molecular weight is 675 g/mol. The Morgan fingerprint density at radius 2 is 1.44 bits per heavy atom. The lowest BCUT2D eigenvalue weighted by molar-refractivity contribution is -0.145. The molecule has 6 N–H and O–H groups in total. The quantitative estimate of drug-likeness (QED) is 0.121. The summed E-state index contributed by atoms with van der Waals surface area (Å²) in [6, 6.07) is 29.3. The Morgan fingerprint density at radius 1 is 0.800 bits per heavy atom. The largest absolute Gasteiger partial charge is 0.506 e. The van der Waals surface area contributed by atoms with Crippen molar-refractivity contribution in [2.45, 2.75) is 37.5 Å². The number of H-pyrrole nitrogens is 1. The number of phenolic OH excluding ortho intramolecular Hbond substituents is 1. The maximum atomic E-state index is 13.2. The van der Waals surface area contributed by atoms with Crippen molar-refractivity contribution in [2.24, 2.45) is 0 Å². The van der Waals surface area contributed by atoms with Crippen molar-refractivity contribution in [1.82, 2.24) is 20.5 Å². The molecule has 50 heavy (non-hydrogen) atoms. The number of carbonyl (C=O) groups excluding carboxylic acids is 2. The normalized spacial score (nSPS) is 14.6. The van der Waals surface area contributed by atoms with Crippen molar-refractivity contribution >= 4 is 28.7 Å². The SMILES string of the molecule is O=C(NCc1ccc(CNCC(O)c2ccc(O)c3[nH]c(=O)ccc23)cc1)c1ccc(C(=O)N2CCC(C(=O)O)(c3ccccc3)CC2)cc1. The number of pyridine rings is 1. The summed E-state index contributed by atoms with van der Waals surface area (Å²) in [7, 11) is 0. The molecule has 1 saturated heterocycles.